The predicted octanol–water partition coefficient (Wildman–Crippen LogP) is 0.456. The summed E-state index contributed by atoms with van der Waals surface area (Å²) in [5, 5.41) is 16.2. The Balaban J connectivity index is 2.32. The number of nitrogens with zero attached hydrogens (tertiary/aromatic N) is 5. The fourth-order valence-electron chi connectivity index (χ4n) is 1.19. The minimum Gasteiger partial charge on any atom is -0.409 e. The summed E-state index contributed by atoms with van der Waals surface area (Å²) in [5.41, 5.74) is 5.87. The highest BCUT2D eigenvalue weighted by Crippen LogP contribution is 2.26. The standard InChI is InChI=1S/C9H10N6OS/c1-15-5-6(4-13-15)17-9-7(8(10)14-16)11-2-3-12-9/h2-5,16H,1H3,(H2,10,14). The van der Waals surface area contributed by atoms with E-state index in [9.17, 15) is 0 Å². The van der Waals surface area contributed by atoms with Gasteiger partial charge in [-0.25, -0.2) is 9.97 Å². The molecule has 0 atom stereocenters. The summed E-state index contributed by atoms with van der Waals surface area (Å²) in [7, 11) is 1.82. The first-order chi connectivity index (χ1) is 8.20. The van der Waals surface area contributed by atoms with Crippen molar-refractivity contribution < 1.29 is 5.21 Å². The molecule has 0 aliphatic rings. The van der Waals surface area contributed by atoms with Gasteiger partial charge in [0.05, 0.1) is 11.1 Å². The first kappa shape index (κ1) is 11.4. The van der Waals surface area contributed by atoms with E-state index in [1.54, 1.807) is 17.1 Å². The van der Waals surface area contributed by atoms with Crippen LogP contribution in [0.3, 0.4) is 0 Å². The van der Waals surface area contributed by atoms with Crippen molar-refractivity contribution in [3.8, 4) is 0 Å². The van der Waals surface area contributed by atoms with Crippen LogP contribution in [0.25, 0.3) is 0 Å². The van der Waals surface area contributed by atoms with Gasteiger partial charge >= 0.3 is 0 Å². The Morgan fingerprint density at radius 2 is 2.24 bits per heavy atom. The Labute approximate surface area is 101 Å². The van der Waals surface area contributed by atoms with E-state index in [1.165, 1.54) is 18.0 Å². The van der Waals surface area contributed by atoms with Crippen molar-refractivity contribution in [3.05, 3.63) is 30.5 Å². The van der Waals surface area contributed by atoms with E-state index in [-0.39, 0.29) is 5.84 Å². The molecule has 0 saturated heterocycles. The average molecular weight is 250 g/mol. The molecular formula is C9H10N6OS. The van der Waals surface area contributed by atoms with Gasteiger partial charge < -0.3 is 10.9 Å². The van der Waals surface area contributed by atoms with Crippen LogP contribution in [0.2, 0.25) is 0 Å². The van der Waals surface area contributed by atoms with Gasteiger partial charge in [0, 0.05) is 25.6 Å². The van der Waals surface area contributed by atoms with Gasteiger partial charge in [-0.15, -0.1) is 0 Å². The molecule has 17 heavy (non-hydrogen) atoms. The molecule has 3 N–H and O–H groups in total. The van der Waals surface area contributed by atoms with Gasteiger partial charge in [0.25, 0.3) is 0 Å². The van der Waals surface area contributed by atoms with Gasteiger partial charge in [-0.2, -0.15) is 5.10 Å². The summed E-state index contributed by atoms with van der Waals surface area (Å²) in [4.78, 5) is 9.07. The second-order valence-corrected chi connectivity index (χ2v) is 4.21. The van der Waals surface area contributed by atoms with Crippen LogP contribution >= 0.6 is 11.8 Å². The lowest BCUT2D eigenvalue weighted by Crippen LogP contribution is -2.16. The molecule has 88 valence electrons. The van der Waals surface area contributed by atoms with E-state index in [4.69, 9.17) is 10.9 Å². The zero-order valence-electron chi connectivity index (χ0n) is 8.98. The van der Waals surface area contributed by atoms with Gasteiger partial charge in [0.2, 0.25) is 0 Å². The van der Waals surface area contributed by atoms with Crippen molar-refractivity contribution in [2.45, 2.75) is 9.92 Å². The van der Waals surface area contributed by atoms with E-state index in [0.717, 1.165) is 4.90 Å². The van der Waals surface area contributed by atoms with Gasteiger partial charge in [-0.1, -0.05) is 16.9 Å². The van der Waals surface area contributed by atoms with Gasteiger partial charge in [0.15, 0.2) is 5.84 Å². The second kappa shape index (κ2) is 4.83. The Morgan fingerprint density at radius 3 is 2.88 bits per heavy atom. The Morgan fingerprint density at radius 1 is 1.47 bits per heavy atom. The van der Waals surface area contributed by atoms with Crippen LogP contribution < -0.4 is 5.73 Å². The largest absolute Gasteiger partial charge is 0.409 e. The minimum atomic E-state index is -0.0653. The second-order valence-electron chi connectivity index (χ2n) is 3.15. The SMILES string of the molecule is Cn1cc(Sc2nccnc2C(N)=NO)cn1. The lowest BCUT2D eigenvalue weighted by molar-refractivity contribution is 0.318. The summed E-state index contributed by atoms with van der Waals surface area (Å²) >= 11 is 1.35. The number of hydrogen-bond donors (Lipinski definition) is 2. The first-order valence-corrected chi connectivity index (χ1v) is 5.47. The quantitative estimate of drug-likeness (QED) is 0.355. The first-order valence-electron chi connectivity index (χ1n) is 4.66. The summed E-state index contributed by atoms with van der Waals surface area (Å²) in [6.07, 6.45) is 6.58. The van der Waals surface area contributed by atoms with Crippen LogP contribution in [0.1, 0.15) is 5.69 Å². The third-order valence-corrected chi connectivity index (χ3v) is 2.85. The number of hydrogen-bond acceptors (Lipinski definition) is 6. The molecule has 2 aromatic rings. The molecule has 0 fully saturated rings. The summed E-state index contributed by atoms with van der Waals surface area (Å²) in [5.74, 6) is -0.0653. The Kier molecular flexibility index (Phi) is 3.24. The predicted molar refractivity (Wildman–Crippen MR) is 61.9 cm³/mol. The van der Waals surface area contributed by atoms with Gasteiger partial charge in [-0.05, 0) is 0 Å². The molecule has 2 aromatic heterocycles. The normalized spacial score (nSPS) is 11.7. The number of rotatable bonds is 3. The monoisotopic (exact) mass is 250 g/mol. The molecule has 0 spiro atoms. The molecule has 0 aromatic carbocycles. The van der Waals surface area contributed by atoms with E-state index < -0.39 is 0 Å². The van der Waals surface area contributed by atoms with Crippen molar-refractivity contribution >= 4 is 17.6 Å². The lowest BCUT2D eigenvalue weighted by Gasteiger charge is -2.03. The average Bonchev–Trinajstić information content (AvgIpc) is 2.74. The fourth-order valence-corrected chi connectivity index (χ4v) is 2.08. The topological polar surface area (TPSA) is 102 Å². The Hall–Kier alpha value is -2.09. The third kappa shape index (κ3) is 2.53. The van der Waals surface area contributed by atoms with Gasteiger partial charge in [0.1, 0.15) is 10.7 Å². The molecule has 0 aliphatic heterocycles. The van der Waals surface area contributed by atoms with Crippen molar-refractivity contribution in [2.75, 3.05) is 0 Å². The highest BCUT2D eigenvalue weighted by atomic mass is 32.2. The smallest absolute Gasteiger partial charge is 0.191 e. The van der Waals surface area contributed by atoms with E-state index >= 15 is 0 Å². The molecule has 0 bridgehead atoms. The van der Waals surface area contributed by atoms with E-state index in [1.807, 2.05) is 13.2 Å². The molecule has 8 heteroatoms. The molecule has 0 amide bonds. The molecular weight excluding hydrogens is 240 g/mol. The number of oxime groups is 1. The molecule has 0 unspecified atom stereocenters. The molecule has 2 heterocycles. The maximum atomic E-state index is 8.65. The number of nitrogens with two attached hydrogens (primary N) is 1. The number of aryl methyl sites for hydroxylation is 1. The summed E-state index contributed by atoms with van der Waals surface area (Å²) < 4.78 is 1.68. The highest BCUT2D eigenvalue weighted by molar-refractivity contribution is 7.99. The zero-order chi connectivity index (χ0) is 12.3. The van der Waals surface area contributed by atoms with Crippen LogP contribution in [-0.4, -0.2) is 30.8 Å². The van der Waals surface area contributed by atoms with Crippen molar-refractivity contribution in [1.29, 1.82) is 0 Å². The van der Waals surface area contributed by atoms with E-state index in [2.05, 4.69) is 20.2 Å². The van der Waals surface area contributed by atoms with Crippen LogP contribution in [0, 0.1) is 0 Å². The third-order valence-electron chi connectivity index (χ3n) is 1.91. The fraction of sp³-hybridized carbons (Fsp3) is 0.111. The van der Waals surface area contributed by atoms with Crippen molar-refractivity contribution in [2.24, 2.45) is 17.9 Å². The van der Waals surface area contributed by atoms with E-state index in [0.29, 0.717) is 10.7 Å². The van der Waals surface area contributed by atoms with Crippen molar-refractivity contribution in [3.63, 3.8) is 0 Å². The van der Waals surface area contributed by atoms with Crippen LogP contribution in [0.5, 0.6) is 0 Å². The molecule has 0 aliphatic carbocycles. The van der Waals surface area contributed by atoms with Crippen molar-refractivity contribution in [1.82, 2.24) is 19.7 Å². The minimum absolute atomic E-state index is 0.0653. The Bertz CT molecular complexity index is 552. The number of aromatic nitrogens is 4. The van der Waals surface area contributed by atoms with Crippen LogP contribution in [-0.2, 0) is 7.05 Å². The van der Waals surface area contributed by atoms with Crippen LogP contribution in [0.4, 0.5) is 0 Å². The molecule has 2 rings (SSSR count). The van der Waals surface area contributed by atoms with Gasteiger partial charge in [-0.3, -0.25) is 4.68 Å². The molecule has 7 nitrogen and oxygen atoms in total. The summed E-state index contributed by atoms with van der Waals surface area (Å²) in [6.45, 7) is 0. The number of amidine groups is 1. The summed E-state index contributed by atoms with van der Waals surface area (Å²) in [6, 6.07) is 0. The highest BCUT2D eigenvalue weighted by Gasteiger charge is 2.11. The van der Waals surface area contributed by atoms with Crippen LogP contribution in [0.15, 0.2) is 39.9 Å². The zero-order valence-corrected chi connectivity index (χ0v) is 9.79. The maximum absolute atomic E-state index is 8.65. The molecule has 0 saturated carbocycles. The maximum Gasteiger partial charge on any atom is 0.191 e. The lowest BCUT2D eigenvalue weighted by atomic mass is 10.4. The molecule has 0 radical (unpaired) electrons.